The average Bonchev–Trinajstić information content (AvgIpc) is 2.00. The number of amides is 1. The fourth-order valence-electron chi connectivity index (χ4n) is 0.660. The van der Waals surface area contributed by atoms with Gasteiger partial charge in [0, 0.05) is 13.0 Å². The predicted octanol–water partition coefficient (Wildman–Crippen LogP) is 1.06. The van der Waals surface area contributed by atoms with Gasteiger partial charge in [-0.2, -0.15) is 5.26 Å². The zero-order chi connectivity index (χ0) is 8.69. The number of nitriles is 1. The maximum Gasteiger partial charge on any atom is 0.221 e. The van der Waals surface area contributed by atoms with E-state index in [0.717, 1.165) is 6.42 Å². The molecule has 0 aliphatic heterocycles. The molecular formula is C8H14N2O. The van der Waals surface area contributed by atoms with Gasteiger partial charge in [0.2, 0.25) is 5.91 Å². The molecule has 0 heterocycles. The number of carbonyl (C=O) groups excluding carboxylic acids is 1. The molecule has 0 bridgehead atoms. The Morgan fingerprint density at radius 2 is 2.36 bits per heavy atom. The van der Waals surface area contributed by atoms with E-state index in [0.29, 0.717) is 13.0 Å². The number of hydrogen-bond acceptors (Lipinski definition) is 2. The first-order chi connectivity index (χ1) is 5.20. The Bertz CT molecular complexity index is 160. The van der Waals surface area contributed by atoms with Crippen LogP contribution in [0.4, 0.5) is 0 Å². The van der Waals surface area contributed by atoms with Crippen molar-refractivity contribution < 1.29 is 4.79 Å². The summed E-state index contributed by atoms with van der Waals surface area (Å²) in [4.78, 5) is 10.9. The van der Waals surface area contributed by atoms with Crippen molar-refractivity contribution >= 4 is 5.91 Å². The number of nitrogens with one attached hydrogen (secondary N) is 1. The number of carbonyl (C=O) groups is 1. The first-order valence-corrected chi connectivity index (χ1v) is 3.87. The molecule has 0 saturated heterocycles. The van der Waals surface area contributed by atoms with Gasteiger partial charge in [0.15, 0.2) is 0 Å². The molecule has 1 atom stereocenters. The molecule has 0 aliphatic rings. The standard InChI is InChI=1S/C8H14N2O/c1-3-4-10-8(11)5-7(2)6-9/h7H,3-5H2,1-2H3,(H,10,11). The molecule has 3 nitrogen and oxygen atoms in total. The molecule has 0 saturated carbocycles. The van der Waals surface area contributed by atoms with Crippen molar-refractivity contribution in [3.63, 3.8) is 0 Å². The monoisotopic (exact) mass is 154 g/mol. The van der Waals surface area contributed by atoms with E-state index in [1.54, 1.807) is 6.92 Å². The van der Waals surface area contributed by atoms with Crippen LogP contribution < -0.4 is 5.32 Å². The number of hydrogen-bond donors (Lipinski definition) is 1. The Morgan fingerprint density at radius 3 is 2.82 bits per heavy atom. The van der Waals surface area contributed by atoms with E-state index in [2.05, 4.69) is 5.32 Å². The summed E-state index contributed by atoms with van der Waals surface area (Å²) in [5.74, 6) is -0.201. The molecule has 0 fully saturated rings. The van der Waals surface area contributed by atoms with Gasteiger partial charge in [-0.25, -0.2) is 0 Å². The topological polar surface area (TPSA) is 52.9 Å². The van der Waals surface area contributed by atoms with Crippen LogP contribution in [-0.4, -0.2) is 12.5 Å². The van der Waals surface area contributed by atoms with E-state index in [1.807, 2.05) is 13.0 Å². The van der Waals surface area contributed by atoms with E-state index in [-0.39, 0.29) is 11.8 Å². The molecule has 0 radical (unpaired) electrons. The van der Waals surface area contributed by atoms with Crippen molar-refractivity contribution in [2.24, 2.45) is 5.92 Å². The lowest BCUT2D eigenvalue weighted by Crippen LogP contribution is -2.25. The summed E-state index contributed by atoms with van der Waals surface area (Å²) in [7, 11) is 0. The van der Waals surface area contributed by atoms with Crippen LogP contribution in [0.1, 0.15) is 26.7 Å². The van der Waals surface area contributed by atoms with Gasteiger partial charge in [-0.15, -0.1) is 0 Å². The van der Waals surface area contributed by atoms with Gasteiger partial charge >= 0.3 is 0 Å². The van der Waals surface area contributed by atoms with Crippen LogP contribution in [0.15, 0.2) is 0 Å². The van der Waals surface area contributed by atoms with Gasteiger partial charge in [0.25, 0.3) is 0 Å². The summed E-state index contributed by atoms with van der Waals surface area (Å²) in [6.45, 7) is 4.44. The molecule has 1 amide bonds. The molecule has 62 valence electrons. The van der Waals surface area contributed by atoms with E-state index in [1.165, 1.54) is 0 Å². The Kier molecular flexibility index (Phi) is 5.18. The van der Waals surface area contributed by atoms with Crippen molar-refractivity contribution in [2.45, 2.75) is 26.7 Å². The highest BCUT2D eigenvalue weighted by Gasteiger charge is 2.05. The minimum atomic E-state index is -0.174. The maximum atomic E-state index is 10.9. The average molecular weight is 154 g/mol. The lowest BCUT2D eigenvalue weighted by molar-refractivity contribution is -0.121. The lowest BCUT2D eigenvalue weighted by Gasteiger charge is -2.03. The zero-order valence-electron chi connectivity index (χ0n) is 7.05. The molecule has 1 unspecified atom stereocenters. The van der Waals surface area contributed by atoms with E-state index >= 15 is 0 Å². The normalized spacial score (nSPS) is 11.7. The summed E-state index contributed by atoms with van der Waals surface area (Å²) in [6, 6.07) is 2.01. The van der Waals surface area contributed by atoms with E-state index in [4.69, 9.17) is 5.26 Å². The van der Waals surface area contributed by atoms with Crippen molar-refractivity contribution in [1.82, 2.24) is 5.32 Å². The van der Waals surface area contributed by atoms with Crippen LogP contribution >= 0.6 is 0 Å². The summed E-state index contributed by atoms with van der Waals surface area (Å²) in [5, 5.41) is 11.1. The minimum absolute atomic E-state index is 0.0269. The quantitative estimate of drug-likeness (QED) is 0.658. The Hall–Kier alpha value is -1.04. The van der Waals surface area contributed by atoms with Gasteiger partial charge in [0.1, 0.15) is 0 Å². The number of rotatable bonds is 4. The van der Waals surface area contributed by atoms with Crippen molar-refractivity contribution in [3.8, 4) is 6.07 Å². The van der Waals surface area contributed by atoms with Gasteiger partial charge in [-0.1, -0.05) is 6.92 Å². The third-order valence-electron chi connectivity index (χ3n) is 1.28. The van der Waals surface area contributed by atoms with Gasteiger partial charge in [0.05, 0.1) is 12.0 Å². The molecule has 0 spiro atoms. The van der Waals surface area contributed by atoms with Crippen LogP contribution in [0.2, 0.25) is 0 Å². The molecule has 0 rings (SSSR count). The fourth-order valence-corrected chi connectivity index (χ4v) is 0.660. The number of nitrogens with zero attached hydrogens (tertiary/aromatic N) is 1. The second kappa shape index (κ2) is 5.72. The summed E-state index contributed by atoms with van der Waals surface area (Å²) < 4.78 is 0. The molecule has 1 N–H and O–H groups in total. The third-order valence-corrected chi connectivity index (χ3v) is 1.28. The molecule has 0 aromatic rings. The fraction of sp³-hybridized carbons (Fsp3) is 0.750. The highest BCUT2D eigenvalue weighted by molar-refractivity contribution is 5.76. The maximum absolute atomic E-state index is 10.9. The second-order valence-electron chi connectivity index (χ2n) is 2.58. The summed E-state index contributed by atoms with van der Waals surface area (Å²) in [6.07, 6.45) is 1.25. The highest BCUT2D eigenvalue weighted by Crippen LogP contribution is 1.97. The van der Waals surface area contributed by atoms with Crippen LogP contribution in [0, 0.1) is 17.2 Å². The smallest absolute Gasteiger partial charge is 0.221 e. The van der Waals surface area contributed by atoms with Crippen molar-refractivity contribution in [2.75, 3.05) is 6.54 Å². The molecule has 3 heteroatoms. The molecule has 0 aromatic heterocycles. The summed E-state index contributed by atoms with van der Waals surface area (Å²) >= 11 is 0. The molecule has 0 aromatic carbocycles. The first-order valence-electron chi connectivity index (χ1n) is 3.87. The Balaban J connectivity index is 3.46. The Labute approximate surface area is 67.4 Å². The highest BCUT2D eigenvalue weighted by atomic mass is 16.1. The zero-order valence-corrected chi connectivity index (χ0v) is 7.05. The van der Waals surface area contributed by atoms with Crippen LogP contribution in [0.25, 0.3) is 0 Å². The van der Waals surface area contributed by atoms with Gasteiger partial charge in [-0.3, -0.25) is 4.79 Å². The van der Waals surface area contributed by atoms with Crippen molar-refractivity contribution in [1.29, 1.82) is 5.26 Å². The summed E-state index contributed by atoms with van der Waals surface area (Å²) in [5.41, 5.74) is 0. The molecule has 0 aliphatic carbocycles. The Morgan fingerprint density at radius 1 is 1.73 bits per heavy atom. The van der Waals surface area contributed by atoms with Crippen LogP contribution in [0.3, 0.4) is 0 Å². The van der Waals surface area contributed by atoms with Crippen LogP contribution in [0.5, 0.6) is 0 Å². The van der Waals surface area contributed by atoms with Gasteiger partial charge < -0.3 is 5.32 Å². The van der Waals surface area contributed by atoms with E-state index < -0.39 is 0 Å². The third kappa shape index (κ3) is 5.41. The van der Waals surface area contributed by atoms with Crippen LogP contribution in [-0.2, 0) is 4.79 Å². The van der Waals surface area contributed by atoms with Crippen molar-refractivity contribution in [3.05, 3.63) is 0 Å². The lowest BCUT2D eigenvalue weighted by atomic mass is 10.1. The predicted molar refractivity (Wildman–Crippen MR) is 42.7 cm³/mol. The van der Waals surface area contributed by atoms with E-state index in [9.17, 15) is 4.79 Å². The molecular weight excluding hydrogens is 140 g/mol. The molecule has 11 heavy (non-hydrogen) atoms. The minimum Gasteiger partial charge on any atom is -0.356 e. The largest absolute Gasteiger partial charge is 0.356 e. The first kappa shape index (κ1) is 9.96. The SMILES string of the molecule is CCCNC(=O)CC(C)C#N. The van der Waals surface area contributed by atoms with Gasteiger partial charge in [-0.05, 0) is 13.3 Å². The second-order valence-corrected chi connectivity index (χ2v) is 2.58.